The second kappa shape index (κ2) is 9.53. The Kier molecular flexibility index (Phi) is 8.24. The van der Waals surface area contributed by atoms with Gasteiger partial charge < -0.3 is 4.90 Å². The first kappa shape index (κ1) is 25.1. The fraction of sp³-hybridized carbons (Fsp3) is 0.632. The van der Waals surface area contributed by atoms with Crippen LogP contribution in [0.1, 0.15) is 52.0 Å². The molecule has 1 unspecified atom stereocenters. The number of amidine groups is 1. The number of nitrogens with one attached hydrogen (secondary N) is 1. The van der Waals surface area contributed by atoms with E-state index in [4.69, 9.17) is 23.2 Å². The lowest BCUT2D eigenvalue weighted by Gasteiger charge is -2.48. The second-order valence-electron chi connectivity index (χ2n) is 7.28. The lowest BCUT2D eigenvalue weighted by molar-refractivity contribution is -0.137. The van der Waals surface area contributed by atoms with Crippen LogP contribution < -0.4 is 5.43 Å². The summed E-state index contributed by atoms with van der Waals surface area (Å²) in [6, 6.07) is 1.70. The third-order valence-electron chi connectivity index (χ3n) is 5.42. The first-order valence-electron chi connectivity index (χ1n) is 9.40. The standard InChI is InChI=1S/C19H24Br2Cl2F3N3/c1-4-29(5-2)16(17(3)8-6-7-9-18(17,20)21)28-27-15-13(22)10-12(11-14(15)23)19(24,25)26/h10-11,27H,4-9H2,1-3H3/b28-16-. The van der Waals surface area contributed by atoms with Crippen LogP contribution in [-0.4, -0.2) is 27.1 Å². The molecular weight excluding hydrogens is 558 g/mol. The normalized spacial score (nSPS) is 22.5. The van der Waals surface area contributed by atoms with E-state index in [2.05, 4.69) is 54.2 Å². The van der Waals surface area contributed by atoms with E-state index in [-0.39, 0.29) is 24.4 Å². The number of alkyl halides is 5. The Morgan fingerprint density at radius 1 is 1.14 bits per heavy atom. The first-order valence-corrected chi connectivity index (χ1v) is 11.7. The van der Waals surface area contributed by atoms with Crippen molar-refractivity contribution in [3.05, 3.63) is 27.7 Å². The molecule has 10 heteroatoms. The van der Waals surface area contributed by atoms with Gasteiger partial charge in [0.1, 0.15) is 5.84 Å². The summed E-state index contributed by atoms with van der Waals surface area (Å²) >= 11 is 19.9. The summed E-state index contributed by atoms with van der Waals surface area (Å²) in [6.45, 7) is 7.67. The maximum atomic E-state index is 13.0. The van der Waals surface area contributed by atoms with Crippen molar-refractivity contribution in [1.82, 2.24) is 4.90 Å². The Morgan fingerprint density at radius 3 is 2.10 bits per heavy atom. The van der Waals surface area contributed by atoms with Crippen molar-refractivity contribution in [3.8, 4) is 0 Å². The smallest absolute Gasteiger partial charge is 0.359 e. The highest BCUT2D eigenvalue weighted by molar-refractivity contribution is 9.25. The van der Waals surface area contributed by atoms with Crippen LogP contribution in [0.5, 0.6) is 0 Å². The molecule has 0 spiro atoms. The van der Waals surface area contributed by atoms with Gasteiger partial charge in [-0.25, -0.2) is 0 Å². The summed E-state index contributed by atoms with van der Waals surface area (Å²) in [6.07, 6.45) is -0.567. The Balaban J connectivity index is 2.49. The lowest BCUT2D eigenvalue weighted by Crippen LogP contribution is -2.52. The molecule has 0 amide bonds. The topological polar surface area (TPSA) is 27.6 Å². The van der Waals surface area contributed by atoms with Crippen molar-refractivity contribution in [2.45, 2.75) is 55.9 Å². The average Bonchev–Trinajstić information content (AvgIpc) is 2.61. The van der Waals surface area contributed by atoms with E-state index in [0.29, 0.717) is 0 Å². The monoisotopic (exact) mass is 579 g/mol. The van der Waals surface area contributed by atoms with Gasteiger partial charge in [-0.3, -0.25) is 5.43 Å². The minimum absolute atomic E-state index is 0.134. The summed E-state index contributed by atoms with van der Waals surface area (Å²) in [4.78, 5) is 2.13. The van der Waals surface area contributed by atoms with E-state index in [1.807, 2.05) is 13.8 Å². The van der Waals surface area contributed by atoms with E-state index in [1.165, 1.54) is 0 Å². The number of rotatable bonds is 5. The summed E-state index contributed by atoms with van der Waals surface area (Å²) < 4.78 is 38.6. The third-order valence-corrected chi connectivity index (χ3v) is 8.56. The Morgan fingerprint density at radius 2 is 1.66 bits per heavy atom. The van der Waals surface area contributed by atoms with Crippen molar-refractivity contribution in [2.75, 3.05) is 18.5 Å². The van der Waals surface area contributed by atoms with E-state index in [0.717, 1.165) is 56.7 Å². The molecule has 1 aliphatic rings. The predicted molar refractivity (Wildman–Crippen MR) is 123 cm³/mol. The van der Waals surface area contributed by atoms with Crippen LogP contribution >= 0.6 is 55.1 Å². The van der Waals surface area contributed by atoms with E-state index < -0.39 is 11.7 Å². The van der Waals surface area contributed by atoms with Gasteiger partial charge >= 0.3 is 6.18 Å². The summed E-state index contributed by atoms with van der Waals surface area (Å²) in [7, 11) is 0. The Labute approximate surface area is 196 Å². The number of anilines is 1. The van der Waals surface area contributed by atoms with Gasteiger partial charge in [-0.05, 0) is 38.8 Å². The van der Waals surface area contributed by atoms with E-state index in [1.54, 1.807) is 0 Å². The number of hydrogen-bond donors (Lipinski definition) is 1. The zero-order valence-electron chi connectivity index (χ0n) is 16.4. The molecule has 0 heterocycles. The molecule has 0 bridgehead atoms. The number of halogens is 7. The molecule has 0 aromatic heterocycles. The molecule has 3 nitrogen and oxygen atoms in total. The van der Waals surface area contributed by atoms with Crippen LogP contribution in [-0.2, 0) is 6.18 Å². The van der Waals surface area contributed by atoms with E-state index >= 15 is 0 Å². The largest absolute Gasteiger partial charge is 0.416 e. The lowest BCUT2D eigenvalue weighted by atomic mass is 9.74. The molecule has 2 rings (SSSR count). The third kappa shape index (κ3) is 5.36. The number of nitrogens with zero attached hydrogens (tertiary/aromatic N) is 2. The predicted octanol–water partition coefficient (Wildman–Crippen LogP) is 8.15. The Hall–Kier alpha value is -0.180. The molecular formula is C19H24Br2Cl2F3N3. The molecule has 1 N–H and O–H groups in total. The summed E-state index contributed by atoms with van der Waals surface area (Å²) in [5.74, 6) is 0.794. The van der Waals surface area contributed by atoms with Crippen molar-refractivity contribution in [1.29, 1.82) is 0 Å². The number of hydrogen-bond acceptors (Lipinski definition) is 2. The van der Waals surface area contributed by atoms with Crippen LogP contribution in [0.25, 0.3) is 0 Å². The van der Waals surface area contributed by atoms with Crippen molar-refractivity contribution >= 4 is 66.6 Å². The summed E-state index contributed by atoms with van der Waals surface area (Å²) in [5, 5.41) is 4.35. The fourth-order valence-electron chi connectivity index (χ4n) is 3.58. The Bertz CT molecular complexity index is 745. The van der Waals surface area contributed by atoms with Crippen LogP contribution in [0.2, 0.25) is 10.0 Å². The molecule has 1 saturated carbocycles. The molecule has 1 fully saturated rings. The quantitative estimate of drug-likeness (QED) is 0.164. The van der Waals surface area contributed by atoms with Gasteiger partial charge in [0.15, 0.2) is 0 Å². The SMILES string of the molecule is CCN(CC)/C(=N\Nc1c(Cl)cc(C(F)(F)F)cc1Cl)C1(C)CCCCC1(Br)Br. The molecule has 0 radical (unpaired) electrons. The highest BCUT2D eigenvalue weighted by Crippen LogP contribution is 2.55. The van der Waals surface area contributed by atoms with Crippen LogP contribution in [0, 0.1) is 5.41 Å². The van der Waals surface area contributed by atoms with Gasteiger partial charge in [0.2, 0.25) is 0 Å². The molecule has 0 saturated heterocycles. The molecule has 1 aromatic carbocycles. The molecule has 1 aliphatic carbocycles. The van der Waals surface area contributed by atoms with Crippen molar-refractivity contribution in [2.24, 2.45) is 10.5 Å². The molecule has 1 aromatic rings. The average molecular weight is 582 g/mol. The molecule has 0 aliphatic heterocycles. The van der Waals surface area contributed by atoms with Crippen molar-refractivity contribution < 1.29 is 13.2 Å². The second-order valence-corrected chi connectivity index (χ2v) is 11.9. The van der Waals surface area contributed by atoms with Gasteiger partial charge in [-0.2, -0.15) is 18.3 Å². The van der Waals surface area contributed by atoms with Crippen LogP contribution in [0.15, 0.2) is 17.2 Å². The van der Waals surface area contributed by atoms with Gasteiger partial charge in [0, 0.05) is 13.1 Å². The zero-order valence-corrected chi connectivity index (χ0v) is 21.1. The van der Waals surface area contributed by atoms with E-state index in [9.17, 15) is 13.2 Å². The van der Waals surface area contributed by atoms with Gasteiger partial charge in [0.05, 0.1) is 29.9 Å². The first-order chi connectivity index (χ1) is 13.4. The molecule has 1 atom stereocenters. The maximum Gasteiger partial charge on any atom is 0.416 e. The van der Waals surface area contributed by atoms with Crippen molar-refractivity contribution in [3.63, 3.8) is 0 Å². The number of hydrazone groups is 1. The molecule has 164 valence electrons. The zero-order chi connectivity index (χ0) is 22.0. The minimum Gasteiger partial charge on any atom is -0.359 e. The highest BCUT2D eigenvalue weighted by Gasteiger charge is 2.51. The number of benzene rings is 1. The van der Waals surface area contributed by atoms with Gasteiger partial charge in [0.25, 0.3) is 0 Å². The fourth-order valence-corrected chi connectivity index (χ4v) is 5.46. The van der Waals surface area contributed by atoms with Gasteiger partial charge in [-0.1, -0.05) is 74.8 Å². The van der Waals surface area contributed by atoms with Crippen LogP contribution in [0.3, 0.4) is 0 Å². The molecule has 29 heavy (non-hydrogen) atoms. The highest BCUT2D eigenvalue weighted by atomic mass is 79.9. The summed E-state index contributed by atoms with van der Waals surface area (Å²) in [5.41, 5.74) is 1.75. The van der Waals surface area contributed by atoms with Gasteiger partial charge in [-0.15, -0.1) is 0 Å². The van der Waals surface area contributed by atoms with Crippen LogP contribution in [0.4, 0.5) is 18.9 Å². The maximum absolute atomic E-state index is 13.0. The minimum atomic E-state index is -4.53.